The first-order chi connectivity index (χ1) is 9.81. The quantitative estimate of drug-likeness (QED) is 0.895. The highest BCUT2D eigenvalue weighted by molar-refractivity contribution is 5.91. The number of nitrogens with one attached hydrogen (secondary N) is 2. The van der Waals surface area contributed by atoms with Gasteiger partial charge in [-0.3, -0.25) is 4.79 Å². The molecule has 0 spiro atoms. The fourth-order valence-corrected chi connectivity index (χ4v) is 2.64. The van der Waals surface area contributed by atoms with E-state index in [0.717, 1.165) is 30.9 Å². The van der Waals surface area contributed by atoms with Crippen LogP contribution in [0, 0.1) is 5.92 Å². The molecule has 2 aliphatic heterocycles. The number of amides is 1. The lowest BCUT2D eigenvalue weighted by molar-refractivity contribution is -0.116. The molecule has 6 heteroatoms. The van der Waals surface area contributed by atoms with E-state index in [9.17, 15) is 4.79 Å². The van der Waals surface area contributed by atoms with Gasteiger partial charge in [0.2, 0.25) is 5.91 Å². The van der Waals surface area contributed by atoms with Gasteiger partial charge in [-0.15, -0.1) is 12.4 Å². The lowest BCUT2D eigenvalue weighted by Gasteiger charge is -2.19. The lowest BCUT2D eigenvalue weighted by Crippen LogP contribution is -2.17. The Morgan fingerprint density at radius 1 is 1.29 bits per heavy atom. The molecule has 21 heavy (non-hydrogen) atoms. The molecule has 1 fully saturated rings. The summed E-state index contributed by atoms with van der Waals surface area (Å²) in [4.78, 5) is 11.9. The van der Waals surface area contributed by atoms with Gasteiger partial charge in [0.25, 0.3) is 0 Å². The van der Waals surface area contributed by atoms with E-state index in [1.807, 2.05) is 18.2 Å². The summed E-state index contributed by atoms with van der Waals surface area (Å²) in [6.07, 6.45) is 2.70. The molecule has 1 unspecified atom stereocenters. The molecule has 0 radical (unpaired) electrons. The number of carbonyl (C=O) groups is 1. The van der Waals surface area contributed by atoms with Crippen LogP contribution < -0.4 is 20.1 Å². The standard InChI is InChI=1S/C15H20N2O3.ClH/c18-15(4-1-11-5-6-16-10-11)17-12-2-3-13-14(9-12)20-8-7-19-13;/h2-3,9,11,16H,1,4-8,10H2,(H,17,18);1H. The average Bonchev–Trinajstić information content (AvgIpc) is 2.98. The Labute approximate surface area is 130 Å². The number of halogens is 1. The number of ether oxygens (including phenoxy) is 2. The molecule has 1 amide bonds. The highest BCUT2D eigenvalue weighted by atomic mass is 35.5. The van der Waals surface area contributed by atoms with Crippen LogP contribution in [0.15, 0.2) is 18.2 Å². The summed E-state index contributed by atoms with van der Waals surface area (Å²) in [5.74, 6) is 2.15. The molecule has 1 atom stereocenters. The van der Waals surface area contributed by atoms with E-state index in [2.05, 4.69) is 10.6 Å². The smallest absolute Gasteiger partial charge is 0.224 e. The van der Waals surface area contributed by atoms with Crippen LogP contribution in [-0.2, 0) is 4.79 Å². The van der Waals surface area contributed by atoms with Crippen molar-refractivity contribution in [2.75, 3.05) is 31.6 Å². The normalized spacial score (nSPS) is 19.7. The maximum absolute atomic E-state index is 11.9. The van der Waals surface area contributed by atoms with Crippen LogP contribution in [0.4, 0.5) is 5.69 Å². The average molecular weight is 313 g/mol. The fraction of sp³-hybridized carbons (Fsp3) is 0.533. The monoisotopic (exact) mass is 312 g/mol. The topological polar surface area (TPSA) is 59.6 Å². The van der Waals surface area contributed by atoms with Crippen LogP contribution in [0.3, 0.4) is 0 Å². The third kappa shape index (κ3) is 4.25. The molecule has 2 N–H and O–H groups in total. The lowest BCUT2D eigenvalue weighted by atomic mass is 10.0. The number of benzene rings is 1. The number of carbonyl (C=O) groups excluding carboxylic acids is 1. The molecule has 116 valence electrons. The molecule has 0 bridgehead atoms. The molecule has 0 aromatic heterocycles. The van der Waals surface area contributed by atoms with E-state index >= 15 is 0 Å². The Hall–Kier alpha value is -1.46. The zero-order chi connectivity index (χ0) is 13.8. The second kappa shape index (κ2) is 7.52. The highest BCUT2D eigenvalue weighted by Crippen LogP contribution is 2.32. The minimum absolute atomic E-state index is 0. The van der Waals surface area contributed by atoms with Crippen LogP contribution in [0.25, 0.3) is 0 Å². The third-order valence-corrected chi connectivity index (χ3v) is 3.77. The van der Waals surface area contributed by atoms with Gasteiger partial charge in [0.05, 0.1) is 0 Å². The molecule has 0 saturated carbocycles. The summed E-state index contributed by atoms with van der Waals surface area (Å²) in [5.41, 5.74) is 0.767. The summed E-state index contributed by atoms with van der Waals surface area (Å²) in [6, 6.07) is 5.51. The van der Waals surface area contributed by atoms with E-state index in [1.54, 1.807) is 0 Å². The minimum Gasteiger partial charge on any atom is -0.486 e. The predicted octanol–water partition coefficient (Wildman–Crippen LogP) is 2.21. The molecular formula is C15H21ClN2O3. The highest BCUT2D eigenvalue weighted by Gasteiger charge is 2.16. The minimum atomic E-state index is 0. The van der Waals surface area contributed by atoms with E-state index in [0.29, 0.717) is 31.3 Å². The summed E-state index contributed by atoms with van der Waals surface area (Å²) < 4.78 is 11.0. The Balaban J connectivity index is 0.00000161. The molecular weight excluding hydrogens is 292 g/mol. The molecule has 1 aromatic rings. The largest absolute Gasteiger partial charge is 0.486 e. The van der Waals surface area contributed by atoms with E-state index in [-0.39, 0.29) is 18.3 Å². The molecule has 1 aromatic carbocycles. The first-order valence-corrected chi connectivity index (χ1v) is 7.21. The van der Waals surface area contributed by atoms with Crippen molar-refractivity contribution in [1.82, 2.24) is 5.32 Å². The van der Waals surface area contributed by atoms with Crippen molar-refractivity contribution in [3.63, 3.8) is 0 Å². The Morgan fingerprint density at radius 2 is 2.10 bits per heavy atom. The van der Waals surface area contributed by atoms with Gasteiger partial charge in [0.1, 0.15) is 13.2 Å². The van der Waals surface area contributed by atoms with Crippen LogP contribution in [0.5, 0.6) is 11.5 Å². The van der Waals surface area contributed by atoms with Crippen molar-refractivity contribution in [3.05, 3.63) is 18.2 Å². The van der Waals surface area contributed by atoms with Crippen molar-refractivity contribution in [3.8, 4) is 11.5 Å². The van der Waals surface area contributed by atoms with Gasteiger partial charge in [-0.2, -0.15) is 0 Å². The van der Waals surface area contributed by atoms with Gasteiger partial charge in [0.15, 0.2) is 11.5 Å². The Kier molecular flexibility index (Phi) is 5.70. The number of fused-ring (bicyclic) bond motifs is 1. The van der Waals surface area contributed by atoms with Crippen molar-refractivity contribution in [2.24, 2.45) is 5.92 Å². The van der Waals surface area contributed by atoms with Gasteiger partial charge in [-0.1, -0.05) is 0 Å². The predicted molar refractivity (Wildman–Crippen MR) is 83.5 cm³/mol. The molecule has 5 nitrogen and oxygen atoms in total. The molecule has 0 aliphatic carbocycles. The van der Waals surface area contributed by atoms with E-state index in [4.69, 9.17) is 9.47 Å². The molecule has 3 rings (SSSR count). The summed E-state index contributed by atoms with van der Waals surface area (Å²) in [7, 11) is 0. The van der Waals surface area contributed by atoms with Crippen LogP contribution in [0.2, 0.25) is 0 Å². The fourth-order valence-electron chi connectivity index (χ4n) is 2.64. The molecule has 1 saturated heterocycles. The third-order valence-electron chi connectivity index (χ3n) is 3.77. The summed E-state index contributed by atoms with van der Waals surface area (Å²) in [6.45, 7) is 3.25. The van der Waals surface area contributed by atoms with Gasteiger partial charge in [-0.05, 0) is 44.0 Å². The maximum Gasteiger partial charge on any atom is 0.224 e. The molecule has 2 heterocycles. The van der Waals surface area contributed by atoms with Crippen LogP contribution in [-0.4, -0.2) is 32.2 Å². The SMILES string of the molecule is Cl.O=C(CCC1CCNC1)Nc1ccc2c(c1)OCCO2. The Bertz CT molecular complexity index is 490. The van der Waals surface area contributed by atoms with Gasteiger partial charge in [0, 0.05) is 18.2 Å². The second-order valence-corrected chi connectivity index (χ2v) is 5.30. The zero-order valence-electron chi connectivity index (χ0n) is 11.9. The summed E-state index contributed by atoms with van der Waals surface area (Å²) in [5, 5.41) is 6.24. The zero-order valence-corrected chi connectivity index (χ0v) is 12.7. The Morgan fingerprint density at radius 3 is 2.86 bits per heavy atom. The first-order valence-electron chi connectivity index (χ1n) is 7.21. The van der Waals surface area contributed by atoms with E-state index in [1.165, 1.54) is 6.42 Å². The van der Waals surface area contributed by atoms with Gasteiger partial charge < -0.3 is 20.1 Å². The first kappa shape index (κ1) is 15.9. The molecule has 2 aliphatic rings. The van der Waals surface area contributed by atoms with Crippen molar-refractivity contribution >= 4 is 24.0 Å². The van der Waals surface area contributed by atoms with Gasteiger partial charge >= 0.3 is 0 Å². The summed E-state index contributed by atoms with van der Waals surface area (Å²) >= 11 is 0. The van der Waals surface area contributed by atoms with Crippen molar-refractivity contribution in [2.45, 2.75) is 19.3 Å². The van der Waals surface area contributed by atoms with Gasteiger partial charge in [-0.25, -0.2) is 0 Å². The van der Waals surface area contributed by atoms with Crippen LogP contribution >= 0.6 is 12.4 Å². The number of rotatable bonds is 4. The van der Waals surface area contributed by atoms with Crippen LogP contribution in [0.1, 0.15) is 19.3 Å². The van der Waals surface area contributed by atoms with E-state index < -0.39 is 0 Å². The second-order valence-electron chi connectivity index (χ2n) is 5.30. The van der Waals surface area contributed by atoms with Crippen molar-refractivity contribution in [1.29, 1.82) is 0 Å². The number of anilines is 1. The number of hydrogen-bond acceptors (Lipinski definition) is 4. The van der Waals surface area contributed by atoms with Crippen molar-refractivity contribution < 1.29 is 14.3 Å². The number of hydrogen-bond donors (Lipinski definition) is 2. The maximum atomic E-state index is 11.9.